The van der Waals surface area contributed by atoms with Gasteiger partial charge in [-0.05, 0) is 43.0 Å². The molecule has 3 heteroatoms. The first-order chi connectivity index (χ1) is 7.70. The fraction of sp³-hybridized carbons (Fsp3) is 0.231. The van der Waals surface area contributed by atoms with Gasteiger partial charge in [0.25, 0.3) is 0 Å². The van der Waals surface area contributed by atoms with Crippen molar-refractivity contribution in [2.45, 2.75) is 17.9 Å². The zero-order chi connectivity index (χ0) is 11.5. The molecule has 0 spiro atoms. The summed E-state index contributed by atoms with van der Waals surface area (Å²) in [5, 5.41) is 10.1. The standard InChI is InChI=1S/C13H14O2S/c1-9-3-8-12(15-9)13(14)10-4-6-11(16-2)7-5-10/h3-8,13-14H,1-2H3/t13-/m1/s1. The smallest absolute Gasteiger partial charge is 0.137 e. The molecular formula is C13H14O2S. The van der Waals surface area contributed by atoms with E-state index in [4.69, 9.17) is 4.42 Å². The first kappa shape index (κ1) is 11.3. The lowest BCUT2D eigenvalue weighted by Gasteiger charge is -2.08. The van der Waals surface area contributed by atoms with Crippen molar-refractivity contribution in [3.05, 3.63) is 53.5 Å². The number of hydrogen-bond donors (Lipinski definition) is 1. The predicted molar refractivity (Wildman–Crippen MR) is 65.7 cm³/mol. The number of benzene rings is 1. The van der Waals surface area contributed by atoms with Crippen LogP contribution in [0.1, 0.15) is 23.2 Å². The summed E-state index contributed by atoms with van der Waals surface area (Å²) in [5.41, 5.74) is 0.854. The summed E-state index contributed by atoms with van der Waals surface area (Å²) in [6.45, 7) is 1.87. The topological polar surface area (TPSA) is 33.4 Å². The largest absolute Gasteiger partial charge is 0.463 e. The van der Waals surface area contributed by atoms with E-state index >= 15 is 0 Å². The maximum Gasteiger partial charge on any atom is 0.137 e. The van der Waals surface area contributed by atoms with Crippen LogP contribution >= 0.6 is 11.8 Å². The summed E-state index contributed by atoms with van der Waals surface area (Å²) < 4.78 is 5.40. The zero-order valence-electron chi connectivity index (χ0n) is 9.31. The molecule has 0 unspecified atom stereocenters. The highest BCUT2D eigenvalue weighted by Crippen LogP contribution is 2.25. The molecule has 84 valence electrons. The van der Waals surface area contributed by atoms with Crippen LogP contribution < -0.4 is 0 Å². The molecule has 0 aliphatic heterocycles. The molecule has 0 aliphatic carbocycles. The van der Waals surface area contributed by atoms with E-state index in [1.165, 1.54) is 4.90 Å². The molecule has 0 aliphatic rings. The van der Waals surface area contributed by atoms with Gasteiger partial charge in [0.2, 0.25) is 0 Å². The van der Waals surface area contributed by atoms with Gasteiger partial charge in [-0.25, -0.2) is 0 Å². The lowest BCUT2D eigenvalue weighted by Crippen LogP contribution is -1.97. The molecule has 1 atom stereocenters. The molecule has 1 N–H and O–H groups in total. The van der Waals surface area contributed by atoms with Gasteiger partial charge in [-0.3, -0.25) is 0 Å². The van der Waals surface area contributed by atoms with E-state index in [1.54, 1.807) is 11.8 Å². The molecule has 1 aromatic heterocycles. The van der Waals surface area contributed by atoms with Gasteiger partial charge >= 0.3 is 0 Å². The van der Waals surface area contributed by atoms with E-state index in [-0.39, 0.29) is 0 Å². The van der Waals surface area contributed by atoms with Gasteiger partial charge in [-0.15, -0.1) is 11.8 Å². The lowest BCUT2D eigenvalue weighted by molar-refractivity contribution is 0.187. The van der Waals surface area contributed by atoms with Gasteiger partial charge in [0.1, 0.15) is 17.6 Å². The van der Waals surface area contributed by atoms with Crippen LogP contribution in [-0.4, -0.2) is 11.4 Å². The second-order valence-electron chi connectivity index (χ2n) is 3.62. The zero-order valence-corrected chi connectivity index (χ0v) is 10.1. The molecule has 0 saturated carbocycles. The van der Waals surface area contributed by atoms with E-state index < -0.39 is 6.10 Å². The Morgan fingerprint density at radius 3 is 2.31 bits per heavy atom. The maximum atomic E-state index is 10.1. The molecule has 0 saturated heterocycles. The van der Waals surface area contributed by atoms with Crippen molar-refractivity contribution >= 4 is 11.8 Å². The van der Waals surface area contributed by atoms with Crippen LogP contribution in [0.2, 0.25) is 0 Å². The quantitative estimate of drug-likeness (QED) is 0.826. The van der Waals surface area contributed by atoms with Crippen molar-refractivity contribution in [1.29, 1.82) is 0 Å². The van der Waals surface area contributed by atoms with Crippen molar-refractivity contribution in [3.63, 3.8) is 0 Å². The number of aryl methyl sites for hydroxylation is 1. The van der Waals surface area contributed by atoms with Gasteiger partial charge in [0.15, 0.2) is 0 Å². The lowest BCUT2D eigenvalue weighted by atomic mass is 10.1. The normalized spacial score (nSPS) is 12.7. The highest BCUT2D eigenvalue weighted by molar-refractivity contribution is 7.98. The molecule has 0 fully saturated rings. The second kappa shape index (κ2) is 4.76. The molecule has 0 amide bonds. The first-order valence-electron chi connectivity index (χ1n) is 5.09. The Hall–Kier alpha value is -1.19. The molecular weight excluding hydrogens is 220 g/mol. The summed E-state index contributed by atoms with van der Waals surface area (Å²) in [4.78, 5) is 1.19. The Kier molecular flexibility index (Phi) is 3.36. The third kappa shape index (κ3) is 2.31. The van der Waals surface area contributed by atoms with Crippen LogP contribution in [0, 0.1) is 6.92 Å². The van der Waals surface area contributed by atoms with E-state index in [1.807, 2.05) is 49.6 Å². The molecule has 1 heterocycles. The van der Waals surface area contributed by atoms with Crippen LogP contribution in [0.25, 0.3) is 0 Å². The summed E-state index contributed by atoms with van der Waals surface area (Å²) in [5.74, 6) is 1.41. The fourth-order valence-corrected chi connectivity index (χ4v) is 1.96. The van der Waals surface area contributed by atoms with Crippen molar-refractivity contribution in [3.8, 4) is 0 Å². The van der Waals surface area contributed by atoms with E-state index in [0.717, 1.165) is 11.3 Å². The summed E-state index contributed by atoms with van der Waals surface area (Å²) in [7, 11) is 0. The Morgan fingerprint density at radius 1 is 1.12 bits per heavy atom. The predicted octanol–water partition coefficient (Wildman–Crippen LogP) is 3.39. The highest BCUT2D eigenvalue weighted by Gasteiger charge is 2.13. The summed E-state index contributed by atoms with van der Waals surface area (Å²) in [6, 6.07) is 11.5. The maximum absolute atomic E-state index is 10.1. The van der Waals surface area contributed by atoms with Gasteiger partial charge in [-0.2, -0.15) is 0 Å². The number of aliphatic hydroxyl groups excluding tert-OH is 1. The number of rotatable bonds is 3. The Balaban J connectivity index is 2.23. The molecule has 2 rings (SSSR count). The van der Waals surface area contributed by atoms with Gasteiger partial charge in [0, 0.05) is 4.90 Å². The van der Waals surface area contributed by atoms with Crippen LogP contribution in [0.5, 0.6) is 0 Å². The van der Waals surface area contributed by atoms with Gasteiger partial charge in [-0.1, -0.05) is 12.1 Å². The Morgan fingerprint density at radius 2 is 1.81 bits per heavy atom. The molecule has 2 aromatic rings. The number of furan rings is 1. The molecule has 16 heavy (non-hydrogen) atoms. The highest BCUT2D eigenvalue weighted by atomic mass is 32.2. The van der Waals surface area contributed by atoms with E-state index in [0.29, 0.717) is 5.76 Å². The van der Waals surface area contributed by atoms with Crippen molar-refractivity contribution in [2.24, 2.45) is 0 Å². The van der Waals surface area contributed by atoms with Crippen molar-refractivity contribution in [2.75, 3.05) is 6.26 Å². The first-order valence-corrected chi connectivity index (χ1v) is 6.31. The molecule has 0 radical (unpaired) electrons. The van der Waals surface area contributed by atoms with E-state index in [2.05, 4.69) is 0 Å². The minimum absolute atomic E-state index is 0.592. The number of aliphatic hydroxyl groups is 1. The molecule has 1 aromatic carbocycles. The van der Waals surface area contributed by atoms with Gasteiger partial charge < -0.3 is 9.52 Å². The Labute approximate surface area is 99.3 Å². The van der Waals surface area contributed by atoms with Crippen LogP contribution in [0.3, 0.4) is 0 Å². The monoisotopic (exact) mass is 234 g/mol. The van der Waals surface area contributed by atoms with E-state index in [9.17, 15) is 5.11 Å². The average molecular weight is 234 g/mol. The summed E-state index contributed by atoms with van der Waals surface area (Å²) in [6.07, 6.45) is 1.35. The third-order valence-corrected chi connectivity index (χ3v) is 3.21. The van der Waals surface area contributed by atoms with Crippen LogP contribution in [-0.2, 0) is 0 Å². The minimum atomic E-state index is -0.676. The molecule has 0 bridgehead atoms. The second-order valence-corrected chi connectivity index (χ2v) is 4.50. The number of thioether (sulfide) groups is 1. The molecule has 2 nitrogen and oxygen atoms in total. The minimum Gasteiger partial charge on any atom is -0.463 e. The third-order valence-electron chi connectivity index (χ3n) is 2.46. The fourth-order valence-electron chi connectivity index (χ4n) is 1.55. The summed E-state index contributed by atoms with van der Waals surface area (Å²) >= 11 is 1.68. The average Bonchev–Trinajstić information content (AvgIpc) is 2.75. The Bertz CT molecular complexity index is 459. The van der Waals surface area contributed by atoms with Crippen molar-refractivity contribution in [1.82, 2.24) is 0 Å². The SMILES string of the molecule is CSc1ccc([C@@H](O)c2ccc(C)o2)cc1. The van der Waals surface area contributed by atoms with Crippen LogP contribution in [0.4, 0.5) is 0 Å². The number of hydrogen-bond acceptors (Lipinski definition) is 3. The van der Waals surface area contributed by atoms with Gasteiger partial charge in [0.05, 0.1) is 0 Å². The van der Waals surface area contributed by atoms with Crippen LogP contribution in [0.15, 0.2) is 45.7 Å². The van der Waals surface area contributed by atoms with Crippen molar-refractivity contribution < 1.29 is 9.52 Å².